The van der Waals surface area contributed by atoms with Gasteiger partial charge in [-0.25, -0.2) is 19.4 Å². The average Bonchev–Trinajstić information content (AvgIpc) is 2.45. The van der Waals surface area contributed by atoms with E-state index in [-0.39, 0.29) is 0 Å². The normalized spacial score (nSPS) is 15.8. The Bertz CT molecular complexity index is 431. The molecule has 0 atom stereocenters. The molecule has 0 aliphatic heterocycles. The predicted molar refractivity (Wildman–Crippen MR) is 82.9 cm³/mol. The van der Waals surface area contributed by atoms with Gasteiger partial charge in [-0.05, 0) is 33.1 Å². The topological polar surface area (TPSA) is 73.6 Å². The number of carbonyl (C=O) groups excluding carboxylic acids is 2. The first kappa shape index (κ1) is 18.3. The van der Waals surface area contributed by atoms with Crippen LogP contribution in [-0.4, -0.2) is 41.1 Å². The van der Waals surface area contributed by atoms with Crippen molar-refractivity contribution in [2.75, 3.05) is 13.6 Å². The molecule has 0 radical (unpaired) electrons. The fourth-order valence-electron chi connectivity index (χ4n) is 2.59. The van der Waals surface area contributed by atoms with Crippen molar-refractivity contribution < 1.29 is 14.3 Å². The lowest BCUT2D eigenvalue weighted by Gasteiger charge is -2.29. The summed E-state index contributed by atoms with van der Waals surface area (Å²) in [5.41, 5.74) is -0.675. The molecule has 1 aliphatic carbocycles. The van der Waals surface area contributed by atoms with Crippen LogP contribution in [0.4, 0.5) is 9.59 Å². The summed E-state index contributed by atoms with van der Waals surface area (Å²) in [7, 11) is 1.35. The van der Waals surface area contributed by atoms with Gasteiger partial charge in [-0.2, -0.15) is 5.26 Å². The molecular weight excluding hydrogens is 282 g/mol. The number of hydrogen-bond donors (Lipinski definition) is 0. The largest absolute Gasteiger partial charge is 0.443 e. The Morgan fingerprint density at radius 1 is 1.23 bits per heavy atom. The Balaban J connectivity index is 2.70. The van der Waals surface area contributed by atoms with Crippen LogP contribution in [0.25, 0.3) is 0 Å². The molecule has 0 heterocycles. The number of rotatable bonds is 3. The first-order valence-electron chi connectivity index (χ1n) is 7.92. The lowest BCUT2D eigenvalue weighted by molar-refractivity contribution is 0.0293. The second-order valence-corrected chi connectivity index (χ2v) is 6.87. The highest BCUT2D eigenvalue weighted by molar-refractivity contribution is 5.91. The van der Waals surface area contributed by atoms with Gasteiger partial charge in [-0.1, -0.05) is 32.1 Å². The van der Waals surface area contributed by atoms with Gasteiger partial charge >= 0.3 is 12.1 Å². The van der Waals surface area contributed by atoms with Crippen LogP contribution < -0.4 is 0 Å². The van der Waals surface area contributed by atoms with Crippen molar-refractivity contribution in [1.82, 2.24) is 9.80 Å². The summed E-state index contributed by atoms with van der Waals surface area (Å²) in [6, 6.07) is -0.632. The lowest BCUT2D eigenvalue weighted by Crippen LogP contribution is -2.46. The van der Waals surface area contributed by atoms with Gasteiger partial charge in [-0.15, -0.1) is 0 Å². The van der Waals surface area contributed by atoms with Crippen molar-refractivity contribution in [3.63, 3.8) is 0 Å². The standard InChI is InChI=1S/C16H27N3O3/c1-16(2,3)22-15(21)19(14(20)18(4)12-17)11-10-13-8-6-5-7-9-13/h13H,5-11H2,1-4H3. The molecule has 6 heteroatoms. The number of carbonyl (C=O) groups is 2. The predicted octanol–water partition coefficient (Wildman–Crippen LogP) is 3.73. The number of hydrogen-bond acceptors (Lipinski definition) is 4. The third-order valence-corrected chi connectivity index (χ3v) is 3.77. The van der Waals surface area contributed by atoms with Crippen LogP contribution in [-0.2, 0) is 4.74 Å². The van der Waals surface area contributed by atoms with Gasteiger partial charge in [0.15, 0.2) is 6.19 Å². The van der Waals surface area contributed by atoms with Crippen LogP contribution in [0.3, 0.4) is 0 Å². The third-order valence-electron chi connectivity index (χ3n) is 3.77. The summed E-state index contributed by atoms with van der Waals surface area (Å²) in [5, 5.41) is 8.86. The molecule has 6 nitrogen and oxygen atoms in total. The highest BCUT2D eigenvalue weighted by atomic mass is 16.6. The molecule has 1 saturated carbocycles. The van der Waals surface area contributed by atoms with Crippen molar-refractivity contribution in [2.45, 2.75) is 64.9 Å². The van der Waals surface area contributed by atoms with Crippen LogP contribution in [0.5, 0.6) is 0 Å². The fourth-order valence-corrected chi connectivity index (χ4v) is 2.59. The van der Waals surface area contributed by atoms with E-state index in [9.17, 15) is 9.59 Å². The Morgan fingerprint density at radius 2 is 1.82 bits per heavy atom. The van der Waals surface area contributed by atoms with Gasteiger partial charge in [0, 0.05) is 13.6 Å². The number of imide groups is 1. The van der Waals surface area contributed by atoms with E-state index in [4.69, 9.17) is 10.00 Å². The summed E-state index contributed by atoms with van der Waals surface area (Å²) in [4.78, 5) is 26.3. The molecule has 22 heavy (non-hydrogen) atoms. The second-order valence-electron chi connectivity index (χ2n) is 6.87. The van der Waals surface area contributed by atoms with Crippen molar-refractivity contribution in [3.05, 3.63) is 0 Å². The van der Waals surface area contributed by atoms with E-state index >= 15 is 0 Å². The van der Waals surface area contributed by atoms with Gasteiger partial charge in [0.1, 0.15) is 5.60 Å². The number of urea groups is 1. The first-order chi connectivity index (χ1) is 10.2. The molecule has 0 spiro atoms. The van der Waals surface area contributed by atoms with Gasteiger partial charge < -0.3 is 4.74 Å². The van der Waals surface area contributed by atoms with Gasteiger partial charge in [0.25, 0.3) is 0 Å². The molecule has 124 valence electrons. The lowest BCUT2D eigenvalue weighted by atomic mass is 9.87. The molecule has 1 fully saturated rings. The van der Waals surface area contributed by atoms with Crippen molar-refractivity contribution in [3.8, 4) is 6.19 Å². The molecule has 0 aromatic heterocycles. The third kappa shape index (κ3) is 5.92. The van der Waals surface area contributed by atoms with Crippen LogP contribution in [0.15, 0.2) is 0 Å². The zero-order valence-corrected chi connectivity index (χ0v) is 14.1. The van der Waals surface area contributed by atoms with Gasteiger partial charge in [0.05, 0.1) is 0 Å². The van der Waals surface area contributed by atoms with Crippen molar-refractivity contribution in [1.29, 1.82) is 5.26 Å². The summed E-state index contributed by atoms with van der Waals surface area (Å²) >= 11 is 0. The number of amides is 3. The van der Waals surface area contributed by atoms with E-state index in [0.29, 0.717) is 12.5 Å². The quantitative estimate of drug-likeness (QED) is 0.588. The Morgan fingerprint density at radius 3 is 2.32 bits per heavy atom. The van der Waals surface area contributed by atoms with E-state index < -0.39 is 17.7 Å². The van der Waals surface area contributed by atoms with Crippen LogP contribution in [0, 0.1) is 17.4 Å². The smallest absolute Gasteiger partial charge is 0.418 e. The maximum Gasteiger partial charge on any atom is 0.418 e. The van der Waals surface area contributed by atoms with E-state index in [1.165, 1.54) is 26.3 Å². The van der Waals surface area contributed by atoms with E-state index in [0.717, 1.165) is 29.1 Å². The molecule has 0 unspecified atom stereocenters. The maximum atomic E-state index is 12.2. The van der Waals surface area contributed by atoms with Crippen LogP contribution >= 0.6 is 0 Å². The Labute approximate surface area is 133 Å². The van der Waals surface area contributed by atoms with Gasteiger partial charge in [0.2, 0.25) is 0 Å². The summed E-state index contributed by atoms with van der Waals surface area (Å²) in [6.45, 7) is 5.55. The minimum absolute atomic E-state index is 0.296. The molecule has 1 aliphatic rings. The van der Waals surface area contributed by atoms with Crippen molar-refractivity contribution in [2.24, 2.45) is 5.92 Å². The first-order valence-corrected chi connectivity index (χ1v) is 7.92. The molecule has 0 N–H and O–H groups in total. The summed E-state index contributed by atoms with van der Waals surface area (Å²) in [6.07, 6.45) is 7.79. The van der Waals surface area contributed by atoms with E-state index in [1.807, 2.05) is 0 Å². The number of ether oxygens (including phenoxy) is 1. The molecule has 0 aromatic carbocycles. The molecule has 3 amide bonds. The molecule has 0 saturated heterocycles. The zero-order chi connectivity index (χ0) is 16.8. The van der Waals surface area contributed by atoms with Crippen LogP contribution in [0.1, 0.15) is 59.3 Å². The fraction of sp³-hybridized carbons (Fsp3) is 0.812. The highest BCUT2D eigenvalue weighted by Crippen LogP contribution is 2.26. The molecule has 1 rings (SSSR count). The average molecular weight is 309 g/mol. The molecule has 0 aromatic rings. The summed E-state index contributed by atoms with van der Waals surface area (Å²) in [5.74, 6) is 0.541. The number of nitriles is 1. The zero-order valence-electron chi connectivity index (χ0n) is 14.1. The molecule has 0 bridgehead atoms. The summed E-state index contributed by atoms with van der Waals surface area (Å²) < 4.78 is 5.29. The number of nitrogens with zero attached hydrogens (tertiary/aromatic N) is 3. The monoisotopic (exact) mass is 309 g/mol. The van der Waals surface area contributed by atoms with Gasteiger partial charge in [-0.3, -0.25) is 0 Å². The minimum Gasteiger partial charge on any atom is -0.443 e. The van der Waals surface area contributed by atoms with E-state index in [2.05, 4.69) is 0 Å². The van der Waals surface area contributed by atoms with E-state index in [1.54, 1.807) is 27.0 Å². The van der Waals surface area contributed by atoms with Crippen LogP contribution in [0.2, 0.25) is 0 Å². The SMILES string of the molecule is CN(C#N)C(=O)N(CCC1CCCCC1)C(=O)OC(C)(C)C. The highest BCUT2D eigenvalue weighted by Gasteiger charge is 2.30. The van der Waals surface area contributed by atoms with Crippen molar-refractivity contribution >= 4 is 12.1 Å². The molecular formula is C16H27N3O3. The maximum absolute atomic E-state index is 12.2. The second kappa shape index (κ2) is 8.02. The minimum atomic E-state index is -0.685. The Kier molecular flexibility index (Phi) is 6.66. The Hall–Kier alpha value is -1.77.